The fourth-order valence-corrected chi connectivity index (χ4v) is 1.80. The standard InChI is InChI=1S/C15H26N2O3/c1-5-6-13(16-9-12-7-8-19-11-12)10-17-14(18)20-15(2,3)4/h7-8,11,13,16H,5-6,9-10H2,1-4H3,(H,17,18). The van der Waals surface area contributed by atoms with Crippen LogP contribution < -0.4 is 10.6 Å². The Bertz CT molecular complexity index is 382. The van der Waals surface area contributed by atoms with Gasteiger partial charge in [-0.1, -0.05) is 13.3 Å². The van der Waals surface area contributed by atoms with E-state index in [4.69, 9.17) is 9.15 Å². The number of hydrogen-bond donors (Lipinski definition) is 2. The predicted octanol–water partition coefficient (Wildman–Crippen LogP) is 3.06. The van der Waals surface area contributed by atoms with Crippen LogP contribution in [0.3, 0.4) is 0 Å². The number of furan rings is 1. The highest BCUT2D eigenvalue weighted by Gasteiger charge is 2.17. The summed E-state index contributed by atoms with van der Waals surface area (Å²) < 4.78 is 10.3. The molecule has 0 aliphatic heterocycles. The van der Waals surface area contributed by atoms with Gasteiger partial charge in [0.15, 0.2) is 0 Å². The van der Waals surface area contributed by atoms with Crippen molar-refractivity contribution in [3.63, 3.8) is 0 Å². The van der Waals surface area contributed by atoms with Crippen molar-refractivity contribution in [1.82, 2.24) is 10.6 Å². The summed E-state index contributed by atoms with van der Waals surface area (Å²) >= 11 is 0. The Labute approximate surface area is 121 Å². The lowest BCUT2D eigenvalue weighted by molar-refractivity contribution is 0.0521. The number of nitrogens with one attached hydrogen (secondary N) is 2. The third-order valence-corrected chi connectivity index (χ3v) is 2.70. The number of ether oxygens (including phenoxy) is 1. The van der Waals surface area contributed by atoms with Gasteiger partial charge in [0, 0.05) is 24.7 Å². The van der Waals surface area contributed by atoms with Gasteiger partial charge in [0.2, 0.25) is 0 Å². The van der Waals surface area contributed by atoms with Gasteiger partial charge in [0.25, 0.3) is 0 Å². The van der Waals surface area contributed by atoms with E-state index >= 15 is 0 Å². The Morgan fingerprint density at radius 3 is 2.75 bits per heavy atom. The van der Waals surface area contributed by atoms with Crippen molar-refractivity contribution in [1.29, 1.82) is 0 Å². The SMILES string of the molecule is CCCC(CNC(=O)OC(C)(C)C)NCc1ccoc1. The van der Waals surface area contributed by atoms with Crippen LogP contribution in [0.15, 0.2) is 23.0 Å². The predicted molar refractivity (Wildman–Crippen MR) is 78.5 cm³/mol. The normalized spacial score (nSPS) is 13.0. The molecule has 114 valence electrons. The summed E-state index contributed by atoms with van der Waals surface area (Å²) in [5, 5.41) is 6.22. The molecule has 0 aliphatic carbocycles. The Balaban J connectivity index is 2.33. The zero-order valence-electron chi connectivity index (χ0n) is 12.9. The van der Waals surface area contributed by atoms with Crippen LogP contribution >= 0.6 is 0 Å². The van der Waals surface area contributed by atoms with E-state index in [1.54, 1.807) is 12.5 Å². The molecule has 0 aromatic carbocycles. The molecule has 0 fully saturated rings. The van der Waals surface area contributed by atoms with Crippen molar-refractivity contribution < 1.29 is 13.9 Å². The molecular weight excluding hydrogens is 256 g/mol. The average molecular weight is 282 g/mol. The molecule has 1 aromatic heterocycles. The van der Waals surface area contributed by atoms with Crippen LogP contribution in [0, 0.1) is 0 Å². The number of carbonyl (C=O) groups is 1. The molecule has 1 aromatic rings. The van der Waals surface area contributed by atoms with E-state index in [-0.39, 0.29) is 12.1 Å². The third-order valence-electron chi connectivity index (χ3n) is 2.70. The van der Waals surface area contributed by atoms with Crippen LogP contribution in [0.25, 0.3) is 0 Å². The third kappa shape index (κ3) is 7.19. The molecule has 0 saturated carbocycles. The minimum absolute atomic E-state index is 0.224. The number of amides is 1. The fourth-order valence-electron chi connectivity index (χ4n) is 1.80. The summed E-state index contributed by atoms with van der Waals surface area (Å²) in [5.74, 6) is 0. The minimum atomic E-state index is -0.464. The number of alkyl carbamates (subject to hydrolysis) is 1. The second-order valence-electron chi connectivity index (χ2n) is 5.88. The van der Waals surface area contributed by atoms with Crippen LogP contribution in [0.5, 0.6) is 0 Å². The Kier molecular flexibility index (Phi) is 6.58. The Morgan fingerprint density at radius 1 is 1.45 bits per heavy atom. The second-order valence-corrected chi connectivity index (χ2v) is 5.88. The monoisotopic (exact) mass is 282 g/mol. The zero-order valence-corrected chi connectivity index (χ0v) is 12.9. The highest BCUT2D eigenvalue weighted by Crippen LogP contribution is 2.07. The summed E-state index contributed by atoms with van der Waals surface area (Å²) in [6, 6.07) is 2.15. The van der Waals surface area contributed by atoms with Gasteiger partial charge in [-0.15, -0.1) is 0 Å². The first-order valence-corrected chi connectivity index (χ1v) is 7.12. The molecule has 5 heteroatoms. The quantitative estimate of drug-likeness (QED) is 0.806. The summed E-state index contributed by atoms with van der Waals surface area (Å²) in [6.45, 7) is 8.98. The summed E-state index contributed by atoms with van der Waals surface area (Å²) in [5.41, 5.74) is 0.637. The maximum absolute atomic E-state index is 11.6. The molecule has 0 saturated heterocycles. The van der Waals surface area contributed by atoms with Crippen LogP contribution in [-0.2, 0) is 11.3 Å². The van der Waals surface area contributed by atoms with E-state index in [0.29, 0.717) is 6.54 Å². The fraction of sp³-hybridized carbons (Fsp3) is 0.667. The van der Waals surface area contributed by atoms with E-state index in [0.717, 1.165) is 24.9 Å². The highest BCUT2D eigenvalue weighted by atomic mass is 16.6. The van der Waals surface area contributed by atoms with Crippen LogP contribution in [-0.4, -0.2) is 24.3 Å². The summed E-state index contributed by atoms with van der Waals surface area (Å²) in [7, 11) is 0. The first kappa shape index (κ1) is 16.6. The maximum Gasteiger partial charge on any atom is 0.407 e. The van der Waals surface area contributed by atoms with E-state index in [1.807, 2.05) is 26.8 Å². The maximum atomic E-state index is 11.6. The van der Waals surface area contributed by atoms with Gasteiger partial charge in [0.1, 0.15) is 5.60 Å². The topological polar surface area (TPSA) is 63.5 Å². The molecule has 1 heterocycles. The molecule has 1 atom stereocenters. The van der Waals surface area contributed by atoms with Crippen LogP contribution in [0.1, 0.15) is 46.1 Å². The molecule has 1 unspecified atom stereocenters. The van der Waals surface area contributed by atoms with Crippen LogP contribution in [0.4, 0.5) is 4.79 Å². The van der Waals surface area contributed by atoms with E-state index < -0.39 is 5.60 Å². The van der Waals surface area contributed by atoms with Crippen LogP contribution in [0.2, 0.25) is 0 Å². The van der Waals surface area contributed by atoms with Gasteiger partial charge in [0.05, 0.1) is 12.5 Å². The second kappa shape index (κ2) is 7.94. The zero-order chi connectivity index (χ0) is 15.0. The van der Waals surface area contributed by atoms with Gasteiger partial charge in [-0.3, -0.25) is 0 Å². The largest absolute Gasteiger partial charge is 0.472 e. The lowest BCUT2D eigenvalue weighted by Gasteiger charge is -2.22. The lowest BCUT2D eigenvalue weighted by Crippen LogP contribution is -2.42. The molecule has 0 bridgehead atoms. The highest BCUT2D eigenvalue weighted by molar-refractivity contribution is 5.67. The van der Waals surface area contributed by atoms with Crippen molar-refractivity contribution in [2.75, 3.05) is 6.54 Å². The molecular formula is C15H26N2O3. The smallest absolute Gasteiger partial charge is 0.407 e. The van der Waals surface area contributed by atoms with Crippen molar-refractivity contribution in [3.8, 4) is 0 Å². The minimum Gasteiger partial charge on any atom is -0.472 e. The molecule has 0 aliphatic rings. The van der Waals surface area contributed by atoms with Crippen molar-refractivity contribution in [2.24, 2.45) is 0 Å². The van der Waals surface area contributed by atoms with Crippen molar-refractivity contribution in [3.05, 3.63) is 24.2 Å². The molecule has 0 spiro atoms. The first-order valence-electron chi connectivity index (χ1n) is 7.12. The molecule has 2 N–H and O–H groups in total. The lowest BCUT2D eigenvalue weighted by atomic mass is 10.1. The van der Waals surface area contributed by atoms with Crippen molar-refractivity contribution in [2.45, 2.75) is 58.7 Å². The summed E-state index contributed by atoms with van der Waals surface area (Å²) in [4.78, 5) is 11.6. The van der Waals surface area contributed by atoms with Crippen molar-refractivity contribution >= 4 is 6.09 Å². The van der Waals surface area contributed by atoms with Gasteiger partial charge in [-0.25, -0.2) is 4.79 Å². The van der Waals surface area contributed by atoms with E-state index in [1.165, 1.54) is 0 Å². The molecule has 20 heavy (non-hydrogen) atoms. The van der Waals surface area contributed by atoms with Gasteiger partial charge < -0.3 is 19.8 Å². The van der Waals surface area contributed by atoms with E-state index in [9.17, 15) is 4.79 Å². The van der Waals surface area contributed by atoms with Gasteiger partial charge in [-0.05, 0) is 33.3 Å². The Morgan fingerprint density at radius 2 is 2.20 bits per heavy atom. The number of hydrogen-bond acceptors (Lipinski definition) is 4. The summed E-state index contributed by atoms with van der Waals surface area (Å²) in [6.07, 6.45) is 5.05. The van der Waals surface area contributed by atoms with Gasteiger partial charge >= 0.3 is 6.09 Å². The first-order chi connectivity index (χ1) is 9.40. The molecule has 1 rings (SSSR count). The van der Waals surface area contributed by atoms with E-state index in [2.05, 4.69) is 17.6 Å². The Hall–Kier alpha value is -1.49. The number of rotatable bonds is 7. The molecule has 5 nitrogen and oxygen atoms in total. The average Bonchev–Trinajstić information content (AvgIpc) is 2.83. The molecule has 0 radical (unpaired) electrons. The molecule has 1 amide bonds. The number of carbonyl (C=O) groups excluding carboxylic acids is 1. The van der Waals surface area contributed by atoms with Gasteiger partial charge in [-0.2, -0.15) is 0 Å².